The van der Waals surface area contributed by atoms with Crippen LogP contribution in [-0.2, 0) is 12.4 Å². The summed E-state index contributed by atoms with van der Waals surface area (Å²) in [7, 11) is 1.73. The average Bonchev–Trinajstić information content (AvgIpc) is 3.21. The number of hydrogen-bond acceptors (Lipinski definition) is 2. The van der Waals surface area contributed by atoms with Crippen molar-refractivity contribution in [3.63, 3.8) is 0 Å². The van der Waals surface area contributed by atoms with Crippen LogP contribution in [0.1, 0.15) is 58.8 Å². The molecule has 0 heterocycles. The minimum Gasteiger partial charge on any atom is -0.343 e. The summed E-state index contributed by atoms with van der Waals surface area (Å²) < 4.78 is 79.4. The second kappa shape index (κ2) is 8.53. The van der Waals surface area contributed by atoms with Gasteiger partial charge in [0.2, 0.25) is 0 Å². The van der Waals surface area contributed by atoms with Crippen LogP contribution in [0.4, 0.5) is 26.3 Å². The van der Waals surface area contributed by atoms with Crippen molar-refractivity contribution in [2.45, 2.75) is 49.6 Å². The third-order valence-corrected chi connectivity index (χ3v) is 5.85. The molecule has 3 nitrogen and oxygen atoms in total. The number of hydrogen-bond donors (Lipinski definition) is 2. The van der Waals surface area contributed by atoms with Crippen LogP contribution < -0.4 is 10.6 Å². The first kappa shape index (κ1) is 23.1. The predicted molar refractivity (Wildman–Crippen MR) is 103 cm³/mol. The van der Waals surface area contributed by atoms with Gasteiger partial charge in [-0.15, -0.1) is 0 Å². The second-order valence-corrected chi connectivity index (χ2v) is 7.69. The number of carbonyl (C=O) groups excluding carboxylic acids is 1. The Kier molecular flexibility index (Phi) is 6.36. The number of halogens is 6. The highest BCUT2D eigenvalue weighted by Crippen LogP contribution is 2.41. The summed E-state index contributed by atoms with van der Waals surface area (Å²) in [6.07, 6.45) is -6.92. The Morgan fingerprint density at radius 3 is 2.06 bits per heavy atom. The molecule has 0 spiro atoms. The first-order valence-corrected chi connectivity index (χ1v) is 9.81. The van der Waals surface area contributed by atoms with Gasteiger partial charge in [-0.3, -0.25) is 4.79 Å². The topological polar surface area (TPSA) is 41.1 Å². The summed E-state index contributed by atoms with van der Waals surface area (Å²) in [4.78, 5) is 13.0. The maximum absolute atomic E-state index is 13.5. The van der Waals surface area contributed by atoms with E-state index >= 15 is 0 Å². The summed E-state index contributed by atoms with van der Waals surface area (Å²) in [6, 6.07) is 9.22. The third-order valence-electron chi connectivity index (χ3n) is 5.85. The Morgan fingerprint density at radius 2 is 1.55 bits per heavy atom. The Bertz CT molecular complexity index is 918. The predicted octanol–water partition coefficient (Wildman–Crippen LogP) is 5.73. The van der Waals surface area contributed by atoms with Crippen LogP contribution in [0.3, 0.4) is 0 Å². The summed E-state index contributed by atoms with van der Waals surface area (Å²) in [5.74, 6) is -1.07. The fourth-order valence-electron chi connectivity index (χ4n) is 4.24. The van der Waals surface area contributed by atoms with E-state index in [0.29, 0.717) is 30.5 Å². The van der Waals surface area contributed by atoms with Crippen molar-refractivity contribution in [3.05, 3.63) is 70.8 Å². The lowest BCUT2D eigenvalue weighted by molar-refractivity contribution is -0.143. The van der Waals surface area contributed by atoms with Gasteiger partial charge in [0, 0.05) is 5.54 Å². The Morgan fingerprint density at radius 1 is 0.935 bits per heavy atom. The summed E-state index contributed by atoms with van der Waals surface area (Å²) in [6.45, 7) is 0. The van der Waals surface area contributed by atoms with E-state index in [1.165, 1.54) is 0 Å². The van der Waals surface area contributed by atoms with E-state index < -0.39 is 46.5 Å². The van der Waals surface area contributed by atoms with Gasteiger partial charge < -0.3 is 10.6 Å². The SMILES string of the molecule is CNC1(C(NC(=O)c2ccc(C(F)(F)F)cc2C(F)(F)F)c2ccccc2)CCCC1. The Labute approximate surface area is 175 Å². The normalized spacial score (nSPS) is 17.4. The van der Waals surface area contributed by atoms with Crippen LogP contribution in [0.5, 0.6) is 0 Å². The molecular formula is C22H22F6N2O. The fraction of sp³-hybridized carbons (Fsp3) is 0.409. The highest BCUT2D eigenvalue weighted by Gasteiger charge is 2.43. The molecule has 168 valence electrons. The number of alkyl halides is 6. The Hall–Kier alpha value is -2.55. The zero-order valence-corrected chi connectivity index (χ0v) is 16.7. The molecule has 9 heteroatoms. The quantitative estimate of drug-likeness (QED) is 0.579. The molecule has 1 unspecified atom stereocenters. The molecule has 1 fully saturated rings. The van der Waals surface area contributed by atoms with E-state index in [0.717, 1.165) is 12.8 Å². The van der Waals surface area contributed by atoms with E-state index in [1.54, 1.807) is 37.4 Å². The average molecular weight is 444 g/mol. The highest BCUT2D eigenvalue weighted by atomic mass is 19.4. The zero-order valence-electron chi connectivity index (χ0n) is 16.7. The number of carbonyl (C=O) groups is 1. The lowest BCUT2D eigenvalue weighted by Crippen LogP contribution is -2.52. The minimum atomic E-state index is -5.12. The van der Waals surface area contributed by atoms with Crippen molar-refractivity contribution in [1.82, 2.24) is 10.6 Å². The van der Waals surface area contributed by atoms with Crippen LogP contribution in [-0.4, -0.2) is 18.5 Å². The van der Waals surface area contributed by atoms with Crippen molar-refractivity contribution < 1.29 is 31.1 Å². The van der Waals surface area contributed by atoms with Gasteiger partial charge in [0.05, 0.1) is 22.7 Å². The summed E-state index contributed by atoms with van der Waals surface area (Å²) in [5.41, 5.74) is -3.78. The van der Waals surface area contributed by atoms with Gasteiger partial charge in [-0.25, -0.2) is 0 Å². The molecule has 3 rings (SSSR count). The molecule has 0 aromatic heterocycles. The molecule has 31 heavy (non-hydrogen) atoms. The van der Waals surface area contributed by atoms with Gasteiger partial charge in [-0.1, -0.05) is 43.2 Å². The third kappa shape index (κ3) is 4.87. The standard InChI is InChI=1S/C22H22F6N2O/c1-29-20(11-5-6-12-20)18(14-7-3-2-4-8-14)30-19(31)16-10-9-15(21(23,24)25)13-17(16)22(26,27)28/h2-4,7-10,13,18,29H,5-6,11-12H2,1H3,(H,30,31). The number of likely N-dealkylation sites (N-methyl/N-ethyl adjacent to an activating group) is 1. The number of amides is 1. The van der Waals surface area contributed by atoms with Gasteiger partial charge in [-0.05, 0) is 43.7 Å². The smallest absolute Gasteiger partial charge is 0.343 e. The Balaban J connectivity index is 2.03. The maximum atomic E-state index is 13.5. The van der Waals surface area contributed by atoms with E-state index in [1.807, 2.05) is 0 Å². The lowest BCUT2D eigenvalue weighted by Gasteiger charge is -2.38. The van der Waals surface area contributed by atoms with Crippen molar-refractivity contribution in [1.29, 1.82) is 0 Å². The molecule has 0 radical (unpaired) electrons. The molecule has 1 atom stereocenters. The molecule has 0 bridgehead atoms. The van der Waals surface area contributed by atoms with Crippen LogP contribution >= 0.6 is 0 Å². The first-order chi connectivity index (χ1) is 14.5. The van der Waals surface area contributed by atoms with Crippen LogP contribution in [0.25, 0.3) is 0 Å². The van der Waals surface area contributed by atoms with Crippen LogP contribution in [0.15, 0.2) is 48.5 Å². The lowest BCUT2D eigenvalue weighted by atomic mass is 9.83. The zero-order chi connectivity index (χ0) is 22.9. The van der Waals surface area contributed by atoms with Gasteiger partial charge in [0.25, 0.3) is 5.91 Å². The summed E-state index contributed by atoms with van der Waals surface area (Å²) >= 11 is 0. The molecule has 1 amide bonds. The van der Waals surface area contributed by atoms with Crippen molar-refractivity contribution in [2.75, 3.05) is 7.05 Å². The highest BCUT2D eigenvalue weighted by molar-refractivity contribution is 5.96. The number of benzene rings is 2. The van der Waals surface area contributed by atoms with Crippen LogP contribution in [0.2, 0.25) is 0 Å². The number of rotatable bonds is 5. The molecule has 2 aromatic carbocycles. The van der Waals surface area contributed by atoms with Crippen molar-refractivity contribution >= 4 is 5.91 Å². The van der Waals surface area contributed by atoms with Crippen molar-refractivity contribution in [3.8, 4) is 0 Å². The van der Waals surface area contributed by atoms with Gasteiger partial charge in [-0.2, -0.15) is 26.3 Å². The van der Waals surface area contributed by atoms with Gasteiger partial charge in [0.15, 0.2) is 0 Å². The molecule has 2 N–H and O–H groups in total. The van der Waals surface area contributed by atoms with Gasteiger partial charge in [0.1, 0.15) is 0 Å². The molecule has 1 saturated carbocycles. The second-order valence-electron chi connectivity index (χ2n) is 7.69. The fourth-order valence-corrected chi connectivity index (χ4v) is 4.24. The molecule has 1 aliphatic rings. The van der Waals surface area contributed by atoms with E-state index in [-0.39, 0.29) is 6.07 Å². The molecule has 0 saturated heterocycles. The van der Waals surface area contributed by atoms with Crippen molar-refractivity contribution in [2.24, 2.45) is 0 Å². The van der Waals surface area contributed by atoms with E-state index in [9.17, 15) is 31.1 Å². The molecule has 0 aliphatic heterocycles. The monoisotopic (exact) mass is 444 g/mol. The van der Waals surface area contributed by atoms with E-state index in [2.05, 4.69) is 10.6 Å². The minimum absolute atomic E-state index is 0.0180. The molecular weight excluding hydrogens is 422 g/mol. The first-order valence-electron chi connectivity index (χ1n) is 9.81. The molecule has 1 aliphatic carbocycles. The van der Waals surface area contributed by atoms with Crippen LogP contribution in [0, 0.1) is 0 Å². The maximum Gasteiger partial charge on any atom is 0.417 e. The number of nitrogens with one attached hydrogen (secondary N) is 2. The summed E-state index contributed by atoms with van der Waals surface area (Å²) in [5, 5.41) is 5.89. The van der Waals surface area contributed by atoms with E-state index in [4.69, 9.17) is 0 Å². The molecule has 2 aromatic rings. The van der Waals surface area contributed by atoms with Gasteiger partial charge >= 0.3 is 12.4 Å². The largest absolute Gasteiger partial charge is 0.417 e.